The highest BCUT2D eigenvalue weighted by molar-refractivity contribution is 7.91. The standard InChI is InChI=1S/C12H14N4O4S/c17-16(18)9-3-4-10-11(6-9)15-12(14-10)21(19,20)7-8-2-1-5-13-8/h3-4,6,8,13H,1-2,5,7H2,(H,14,15)/t8-/m1/s1. The van der Waals surface area contributed by atoms with Gasteiger partial charge in [-0.25, -0.2) is 13.4 Å². The molecule has 1 aliphatic rings. The van der Waals surface area contributed by atoms with Crippen molar-refractivity contribution in [1.82, 2.24) is 15.3 Å². The fourth-order valence-electron chi connectivity index (χ4n) is 2.48. The van der Waals surface area contributed by atoms with Crippen molar-refractivity contribution in [3.05, 3.63) is 28.3 Å². The molecule has 1 atom stereocenters. The van der Waals surface area contributed by atoms with Gasteiger partial charge in [-0.1, -0.05) is 0 Å². The second-order valence-electron chi connectivity index (χ2n) is 5.08. The highest BCUT2D eigenvalue weighted by atomic mass is 32.2. The molecular weight excluding hydrogens is 296 g/mol. The number of fused-ring (bicyclic) bond motifs is 1. The highest BCUT2D eigenvalue weighted by Gasteiger charge is 2.26. The zero-order valence-electron chi connectivity index (χ0n) is 11.1. The van der Waals surface area contributed by atoms with E-state index >= 15 is 0 Å². The Morgan fingerprint density at radius 3 is 2.90 bits per heavy atom. The smallest absolute Gasteiger partial charge is 0.271 e. The number of nitrogens with zero attached hydrogens (tertiary/aromatic N) is 2. The first-order valence-electron chi connectivity index (χ1n) is 6.56. The molecule has 21 heavy (non-hydrogen) atoms. The van der Waals surface area contributed by atoms with E-state index in [4.69, 9.17) is 0 Å². The summed E-state index contributed by atoms with van der Waals surface area (Å²) in [6.07, 6.45) is 1.79. The van der Waals surface area contributed by atoms with E-state index in [-0.39, 0.29) is 22.6 Å². The Balaban J connectivity index is 1.94. The Labute approximate surface area is 120 Å². The van der Waals surface area contributed by atoms with Gasteiger partial charge in [-0.2, -0.15) is 0 Å². The molecule has 2 N–H and O–H groups in total. The summed E-state index contributed by atoms with van der Waals surface area (Å²) in [6.45, 7) is 0.826. The molecule has 0 unspecified atom stereocenters. The number of imidazole rings is 1. The third kappa shape index (κ3) is 2.74. The second kappa shape index (κ2) is 5.08. The number of sulfone groups is 1. The number of rotatable bonds is 4. The maximum Gasteiger partial charge on any atom is 0.271 e. The van der Waals surface area contributed by atoms with Crippen LogP contribution in [0.1, 0.15) is 12.8 Å². The van der Waals surface area contributed by atoms with Gasteiger partial charge in [-0.3, -0.25) is 10.1 Å². The molecule has 1 aromatic heterocycles. The van der Waals surface area contributed by atoms with Crippen LogP contribution in [-0.2, 0) is 9.84 Å². The third-order valence-electron chi connectivity index (χ3n) is 3.53. The van der Waals surface area contributed by atoms with Crippen molar-refractivity contribution in [1.29, 1.82) is 0 Å². The van der Waals surface area contributed by atoms with Gasteiger partial charge >= 0.3 is 0 Å². The second-order valence-corrected chi connectivity index (χ2v) is 7.02. The van der Waals surface area contributed by atoms with Crippen LogP contribution in [0.2, 0.25) is 0 Å². The first-order chi connectivity index (χ1) is 9.95. The van der Waals surface area contributed by atoms with Gasteiger partial charge in [-0.15, -0.1) is 0 Å². The molecule has 112 valence electrons. The number of nitrogens with one attached hydrogen (secondary N) is 2. The zero-order chi connectivity index (χ0) is 15.0. The molecule has 2 heterocycles. The third-order valence-corrected chi connectivity index (χ3v) is 5.16. The Kier molecular flexibility index (Phi) is 3.38. The largest absolute Gasteiger partial charge is 0.329 e. The number of H-pyrrole nitrogens is 1. The van der Waals surface area contributed by atoms with Gasteiger partial charge in [0.25, 0.3) is 5.69 Å². The summed E-state index contributed by atoms with van der Waals surface area (Å²) in [5.41, 5.74) is 0.647. The topological polar surface area (TPSA) is 118 Å². The van der Waals surface area contributed by atoms with Crippen LogP contribution < -0.4 is 5.32 Å². The lowest BCUT2D eigenvalue weighted by Gasteiger charge is -2.08. The van der Waals surface area contributed by atoms with Gasteiger partial charge in [0.15, 0.2) is 0 Å². The average Bonchev–Trinajstić information content (AvgIpc) is 3.05. The quantitative estimate of drug-likeness (QED) is 0.642. The van der Waals surface area contributed by atoms with Crippen LogP contribution in [0.3, 0.4) is 0 Å². The predicted molar refractivity (Wildman–Crippen MR) is 75.8 cm³/mol. The van der Waals surface area contributed by atoms with E-state index in [0.717, 1.165) is 19.4 Å². The fourth-order valence-corrected chi connectivity index (χ4v) is 3.95. The molecule has 0 bridgehead atoms. The lowest BCUT2D eigenvalue weighted by atomic mass is 10.3. The summed E-state index contributed by atoms with van der Waals surface area (Å²) < 4.78 is 24.6. The number of aromatic nitrogens is 2. The van der Waals surface area contributed by atoms with Crippen molar-refractivity contribution in [2.24, 2.45) is 0 Å². The summed E-state index contributed by atoms with van der Waals surface area (Å²) in [5.74, 6) is -0.0189. The van der Waals surface area contributed by atoms with Crippen LogP contribution in [0.5, 0.6) is 0 Å². The predicted octanol–water partition coefficient (Wildman–Crippen LogP) is 0.997. The van der Waals surface area contributed by atoms with Crippen LogP contribution in [0.15, 0.2) is 23.4 Å². The number of nitro benzene ring substituents is 1. The minimum atomic E-state index is -3.54. The molecule has 9 heteroatoms. The molecule has 0 saturated carbocycles. The first-order valence-corrected chi connectivity index (χ1v) is 8.21. The van der Waals surface area contributed by atoms with E-state index in [1.807, 2.05) is 0 Å². The average molecular weight is 310 g/mol. The van der Waals surface area contributed by atoms with E-state index in [2.05, 4.69) is 15.3 Å². The molecule has 0 amide bonds. The lowest BCUT2D eigenvalue weighted by Crippen LogP contribution is -2.30. The first kappa shape index (κ1) is 14.0. The van der Waals surface area contributed by atoms with Gasteiger partial charge in [0, 0.05) is 18.2 Å². The normalized spacial score (nSPS) is 19.1. The Morgan fingerprint density at radius 2 is 2.24 bits per heavy atom. The number of hydrogen-bond donors (Lipinski definition) is 2. The van der Waals surface area contributed by atoms with Crippen molar-refractivity contribution in [2.45, 2.75) is 24.0 Å². The SMILES string of the molecule is O=[N+]([O-])c1ccc2nc(S(=O)(=O)C[C@H]3CCCN3)[nH]c2c1. The van der Waals surface area contributed by atoms with Crippen LogP contribution >= 0.6 is 0 Å². The lowest BCUT2D eigenvalue weighted by molar-refractivity contribution is -0.384. The van der Waals surface area contributed by atoms with E-state index in [1.165, 1.54) is 18.2 Å². The number of hydrogen-bond acceptors (Lipinski definition) is 6. The summed E-state index contributed by atoms with van der Waals surface area (Å²) in [6, 6.07) is 3.97. The number of non-ortho nitro benzene ring substituents is 1. The maximum absolute atomic E-state index is 12.3. The molecule has 1 saturated heterocycles. The molecule has 0 radical (unpaired) electrons. The number of aromatic amines is 1. The molecule has 1 fully saturated rings. The molecular formula is C12H14N4O4S. The number of benzene rings is 1. The fraction of sp³-hybridized carbons (Fsp3) is 0.417. The summed E-state index contributed by atoms with van der Waals surface area (Å²) in [5, 5.41) is 13.7. The van der Waals surface area contributed by atoms with Crippen molar-refractivity contribution in [2.75, 3.05) is 12.3 Å². The van der Waals surface area contributed by atoms with Gasteiger partial charge in [-0.05, 0) is 25.5 Å². The summed E-state index contributed by atoms with van der Waals surface area (Å²) in [4.78, 5) is 16.9. The Morgan fingerprint density at radius 1 is 1.43 bits per heavy atom. The molecule has 8 nitrogen and oxygen atoms in total. The van der Waals surface area contributed by atoms with Crippen LogP contribution in [0, 0.1) is 10.1 Å². The van der Waals surface area contributed by atoms with Crippen molar-refractivity contribution in [3.8, 4) is 0 Å². The minimum absolute atomic E-state index is 0.0189. The van der Waals surface area contributed by atoms with Crippen molar-refractivity contribution < 1.29 is 13.3 Å². The molecule has 1 aromatic carbocycles. The summed E-state index contributed by atoms with van der Waals surface area (Å²) in [7, 11) is -3.54. The molecule has 0 aliphatic carbocycles. The van der Waals surface area contributed by atoms with E-state index in [9.17, 15) is 18.5 Å². The van der Waals surface area contributed by atoms with E-state index in [1.54, 1.807) is 0 Å². The van der Waals surface area contributed by atoms with E-state index < -0.39 is 14.8 Å². The van der Waals surface area contributed by atoms with Crippen LogP contribution in [-0.4, -0.2) is 41.6 Å². The molecule has 1 aliphatic heterocycles. The molecule has 2 aromatic rings. The van der Waals surface area contributed by atoms with Gasteiger partial charge < -0.3 is 10.3 Å². The maximum atomic E-state index is 12.3. The Bertz CT molecular complexity index is 793. The van der Waals surface area contributed by atoms with Crippen LogP contribution in [0.4, 0.5) is 5.69 Å². The number of nitro groups is 1. The monoisotopic (exact) mass is 310 g/mol. The van der Waals surface area contributed by atoms with Gasteiger partial charge in [0.2, 0.25) is 15.0 Å². The minimum Gasteiger partial charge on any atom is -0.329 e. The highest BCUT2D eigenvalue weighted by Crippen LogP contribution is 2.21. The Hall–Kier alpha value is -2.00. The molecule has 3 rings (SSSR count). The van der Waals surface area contributed by atoms with Crippen molar-refractivity contribution >= 4 is 26.6 Å². The summed E-state index contributed by atoms with van der Waals surface area (Å²) >= 11 is 0. The van der Waals surface area contributed by atoms with E-state index in [0.29, 0.717) is 11.0 Å². The van der Waals surface area contributed by atoms with Crippen LogP contribution in [0.25, 0.3) is 11.0 Å². The molecule has 0 spiro atoms. The van der Waals surface area contributed by atoms with Gasteiger partial charge in [0.1, 0.15) is 0 Å². The van der Waals surface area contributed by atoms with Crippen molar-refractivity contribution in [3.63, 3.8) is 0 Å². The zero-order valence-corrected chi connectivity index (χ0v) is 11.9. The van der Waals surface area contributed by atoms with Gasteiger partial charge in [0.05, 0.1) is 21.7 Å².